The van der Waals surface area contributed by atoms with Gasteiger partial charge in [-0.1, -0.05) is 87.5 Å². The minimum absolute atomic E-state index is 0.131. The Morgan fingerprint density at radius 1 is 0.759 bits per heavy atom. The number of ether oxygens (including phenoxy) is 1. The molecule has 0 N–H and O–H groups in total. The van der Waals surface area contributed by atoms with Crippen molar-refractivity contribution in [1.29, 1.82) is 0 Å². The predicted octanol–water partition coefficient (Wildman–Crippen LogP) is 7.11. The molecule has 2 heteroatoms. The Balaban J connectivity index is 1.79. The van der Waals surface area contributed by atoms with Gasteiger partial charge in [0, 0.05) is 18.2 Å². The molecule has 29 heavy (non-hydrogen) atoms. The average Bonchev–Trinajstić information content (AvgIpc) is 2.75. The van der Waals surface area contributed by atoms with Crippen molar-refractivity contribution in [2.24, 2.45) is 4.99 Å². The van der Waals surface area contributed by atoms with Crippen molar-refractivity contribution in [2.75, 3.05) is 7.05 Å². The van der Waals surface area contributed by atoms with Crippen molar-refractivity contribution in [3.05, 3.63) is 102 Å². The van der Waals surface area contributed by atoms with E-state index in [-0.39, 0.29) is 5.41 Å². The zero-order valence-electron chi connectivity index (χ0n) is 17.9. The second-order valence-electron chi connectivity index (χ2n) is 8.05. The maximum atomic E-state index is 6.20. The third-order valence-electron chi connectivity index (χ3n) is 4.95. The lowest BCUT2D eigenvalue weighted by Crippen LogP contribution is -2.11. The molecule has 3 aromatic carbocycles. The average molecular weight is 384 g/mol. The lowest BCUT2D eigenvalue weighted by Gasteiger charge is -2.19. The van der Waals surface area contributed by atoms with Crippen LogP contribution in [0.15, 0.2) is 89.9 Å². The van der Waals surface area contributed by atoms with E-state index in [0.717, 1.165) is 16.9 Å². The summed E-state index contributed by atoms with van der Waals surface area (Å²) in [6, 6.07) is 27.2. The molecule has 0 aromatic heterocycles. The molecule has 0 radical (unpaired) electrons. The van der Waals surface area contributed by atoms with Gasteiger partial charge in [0.15, 0.2) is 0 Å². The summed E-state index contributed by atoms with van der Waals surface area (Å²) in [5, 5.41) is 0. The van der Waals surface area contributed by atoms with E-state index in [1.807, 2.05) is 19.1 Å². The van der Waals surface area contributed by atoms with Gasteiger partial charge in [0.25, 0.3) is 0 Å². The molecule has 0 heterocycles. The fraction of sp³-hybridized carbons (Fsp3) is 0.222. The van der Waals surface area contributed by atoms with Crippen LogP contribution in [-0.4, -0.2) is 12.9 Å². The molecule has 0 amide bonds. The molecule has 3 rings (SSSR count). The third-order valence-corrected chi connectivity index (χ3v) is 4.95. The Hall–Kier alpha value is -3.13. The molecule has 0 bridgehead atoms. The molecule has 0 atom stereocenters. The van der Waals surface area contributed by atoms with E-state index in [1.54, 1.807) is 7.05 Å². The van der Waals surface area contributed by atoms with Crippen LogP contribution in [0.1, 0.15) is 44.4 Å². The van der Waals surface area contributed by atoms with Crippen molar-refractivity contribution in [3.63, 3.8) is 0 Å². The van der Waals surface area contributed by atoms with Crippen molar-refractivity contribution < 1.29 is 4.74 Å². The van der Waals surface area contributed by atoms with Gasteiger partial charge < -0.3 is 4.74 Å². The first kappa shape index (κ1) is 20.6. The summed E-state index contributed by atoms with van der Waals surface area (Å²) >= 11 is 0. The highest BCUT2D eigenvalue weighted by Gasteiger charge is 2.15. The maximum Gasteiger partial charge on any atom is 0.221 e. The molecule has 0 fully saturated rings. The molecule has 0 saturated carbocycles. The molecule has 0 aliphatic carbocycles. The lowest BCUT2D eigenvalue weighted by atomic mass is 9.86. The van der Waals surface area contributed by atoms with Crippen LogP contribution in [0.4, 0.5) is 0 Å². The zero-order chi connectivity index (χ0) is 20.9. The van der Waals surface area contributed by atoms with Gasteiger partial charge in [-0.3, -0.25) is 4.99 Å². The molecule has 0 aliphatic rings. The van der Waals surface area contributed by atoms with Crippen molar-refractivity contribution in [2.45, 2.75) is 33.1 Å². The van der Waals surface area contributed by atoms with Crippen LogP contribution in [0.25, 0.3) is 16.9 Å². The maximum absolute atomic E-state index is 6.20. The van der Waals surface area contributed by atoms with Gasteiger partial charge in [-0.05, 0) is 47.2 Å². The Morgan fingerprint density at radius 2 is 1.31 bits per heavy atom. The minimum Gasteiger partial charge on any atom is -0.439 e. The number of nitrogens with zero attached hydrogens (tertiary/aromatic N) is 1. The summed E-state index contributed by atoms with van der Waals surface area (Å²) in [7, 11) is 1.76. The number of hydrogen-bond donors (Lipinski definition) is 0. The van der Waals surface area contributed by atoms with E-state index in [0.29, 0.717) is 5.90 Å². The summed E-state index contributed by atoms with van der Waals surface area (Å²) in [6.07, 6.45) is 1.98. The second kappa shape index (κ2) is 8.91. The topological polar surface area (TPSA) is 21.6 Å². The minimum atomic E-state index is 0.131. The Labute approximate surface area is 174 Å². The second-order valence-corrected chi connectivity index (χ2v) is 8.05. The first-order valence-electron chi connectivity index (χ1n) is 10.00. The number of hydrogen-bond acceptors (Lipinski definition) is 2. The molecular weight excluding hydrogens is 354 g/mol. The van der Waals surface area contributed by atoms with E-state index in [4.69, 9.17) is 4.74 Å². The molecule has 0 unspecified atom stereocenters. The summed E-state index contributed by atoms with van der Waals surface area (Å²) in [5.41, 5.74) is 5.81. The van der Waals surface area contributed by atoms with Gasteiger partial charge in [0.05, 0.1) is 0 Å². The number of allylic oxidation sites excluding steroid dienone is 1. The molecule has 0 aliphatic heterocycles. The summed E-state index contributed by atoms with van der Waals surface area (Å²) in [6.45, 7) is 8.64. The van der Waals surface area contributed by atoms with Crippen LogP contribution in [0.3, 0.4) is 0 Å². The van der Waals surface area contributed by atoms with E-state index >= 15 is 0 Å². The van der Waals surface area contributed by atoms with Gasteiger partial charge in [0.1, 0.15) is 5.76 Å². The molecule has 3 aromatic rings. The fourth-order valence-corrected chi connectivity index (χ4v) is 3.19. The van der Waals surface area contributed by atoms with Gasteiger partial charge in [-0.2, -0.15) is 0 Å². The normalized spacial score (nSPS) is 12.7. The van der Waals surface area contributed by atoms with E-state index in [1.165, 1.54) is 16.7 Å². The largest absolute Gasteiger partial charge is 0.439 e. The highest BCUT2D eigenvalue weighted by atomic mass is 16.5. The quantitative estimate of drug-likeness (QED) is 0.267. The van der Waals surface area contributed by atoms with Crippen LogP contribution >= 0.6 is 0 Å². The number of aliphatic imine (C=N–C) groups is 1. The van der Waals surface area contributed by atoms with Crippen LogP contribution < -0.4 is 0 Å². The number of rotatable bonds is 4. The molecule has 0 saturated heterocycles. The third kappa shape index (κ3) is 5.03. The summed E-state index contributed by atoms with van der Waals surface area (Å²) in [4.78, 5) is 4.38. The van der Waals surface area contributed by atoms with Gasteiger partial charge in [-0.15, -0.1) is 0 Å². The van der Waals surface area contributed by atoms with Crippen LogP contribution in [0, 0.1) is 0 Å². The van der Waals surface area contributed by atoms with Gasteiger partial charge in [-0.25, -0.2) is 0 Å². The molecular formula is C27H29NO. The van der Waals surface area contributed by atoms with Gasteiger partial charge in [0.2, 0.25) is 5.90 Å². The predicted molar refractivity (Wildman–Crippen MR) is 124 cm³/mol. The van der Waals surface area contributed by atoms with Crippen molar-refractivity contribution in [1.82, 2.24) is 0 Å². The van der Waals surface area contributed by atoms with Gasteiger partial charge >= 0.3 is 0 Å². The van der Waals surface area contributed by atoms with Crippen LogP contribution in [0.2, 0.25) is 0 Å². The highest BCUT2D eigenvalue weighted by Crippen LogP contribution is 2.26. The van der Waals surface area contributed by atoms with Crippen molar-refractivity contribution in [3.8, 4) is 11.1 Å². The molecule has 0 spiro atoms. The highest BCUT2D eigenvalue weighted by molar-refractivity contribution is 5.97. The van der Waals surface area contributed by atoms with Crippen LogP contribution in [0.5, 0.6) is 0 Å². The summed E-state index contributed by atoms with van der Waals surface area (Å²) in [5.74, 6) is 1.41. The first-order valence-corrected chi connectivity index (χ1v) is 10.00. The Morgan fingerprint density at radius 3 is 1.83 bits per heavy atom. The van der Waals surface area contributed by atoms with Crippen LogP contribution in [-0.2, 0) is 10.2 Å². The molecule has 2 nitrogen and oxygen atoms in total. The smallest absolute Gasteiger partial charge is 0.221 e. The standard InChI is InChI=1S/C27H29NO/c1-6-25(22-16-18-24(19-17-22)27(2,3)4)29-26(28-5)23-14-12-21(13-15-23)20-10-8-7-9-11-20/h6-19H,1-5H3. The Kier molecular flexibility index (Phi) is 6.33. The lowest BCUT2D eigenvalue weighted by molar-refractivity contribution is 0.506. The van der Waals surface area contributed by atoms with Crippen molar-refractivity contribution >= 4 is 11.7 Å². The van der Waals surface area contributed by atoms with E-state index in [2.05, 4.69) is 98.6 Å². The SMILES string of the molecule is CC=C(OC(=NC)c1ccc(-c2ccccc2)cc1)c1ccc(C(C)(C)C)cc1. The zero-order valence-corrected chi connectivity index (χ0v) is 17.9. The first-order chi connectivity index (χ1) is 13.9. The van der Waals surface area contributed by atoms with E-state index in [9.17, 15) is 0 Å². The van der Waals surface area contributed by atoms with E-state index < -0.39 is 0 Å². The fourth-order valence-electron chi connectivity index (χ4n) is 3.19. The summed E-state index contributed by atoms with van der Waals surface area (Å²) < 4.78 is 6.20. The molecule has 148 valence electrons. The Bertz CT molecular complexity index is 989. The number of benzene rings is 3. The monoisotopic (exact) mass is 383 g/mol.